The Morgan fingerprint density at radius 2 is 0.723 bits per heavy atom. The summed E-state index contributed by atoms with van der Waals surface area (Å²) in [6, 6.07) is 41.8. The van der Waals surface area contributed by atoms with E-state index >= 15 is 0 Å². The molecule has 0 fully saturated rings. The van der Waals surface area contributed by atoms with E-state index in [2.05, 4.69) is 36.4 Å². The average Bonchev–Trinajstić information content (AvgIpc) is 3.58. The average molecular weight is 605 g/mol. The lowest BCUT2D eigenvalue weighted by Gasteiger charge is -2.31. The molecule has 0 N–H and O–H groups in total. The summed E-state index contributed by atoms with van der Waals surface area (Å²) in [6.45, 7) is 0. The number of halogens is 2. The zero-order chi connectivity index (χ0) is 32.4. The number of benzene rings is 6. The number of rotatable bonds is 2. The van der Waals surface area contributed by atoms with Gasteiger partial charge in [-0.3, -0.25) is 0 Å². The molecule has 0 heterocycles. The second-order valence-corrected chi connectivity index (χ2v) is 11.6. The predicted octanol–water partition coefficient (Wildman–Crippen LogP) is 9.13. The quantitative estimate of drug-likeness (QED) is 0.197. The van der Waals surface area contributed by atoms with Crippen LogP contribution in [0.15, 0.2) is 109 Å². The van der Waals surface area contributed by atoms with Crippen LogP contribution >= 0.6 is 0 Å². The molecule has 6 aromatic carbocycles. The van der Waals surface area contributed by atoms with E-state index in [1.807, 2.05) is 72.8 Å². The smallest absolute Gasteiger partial charge is 0.158 e. The van der Waals surface area contributed by atoms with Gasteiger partial charge in [-0.15, -0.1) is 0 Å². The number of nitriles is 4. The third kappa shape index (κ3) is 3.68. The van der Waals surface area contributed by atoms with Crippen molar-refractivity contribution in [3.63, 3.8) is 0 Å². The molecule has 0 amide bonds. The van der Waals surface area contributed by atoms with E-state index in [-0.39, 0.29) is 22.3 Å². The van der Waals surface area contributed by atoms with Crippen molar-refractivity contribution in [2.75, 3.05) is 0 Å². The maximum Gasteiger partial charge on any atom is 0.158 e. The van der Waals surface area contributed by atoms with Crippen molar-refractivity contribution in [1.29, 1.82) is 21.0 Å². The second-order valence-electron chi connectivity index (χ2n) is 11.6. The lowest BCUT2D eigenvalue weighted by atomic mass is 9.70. The molecular formula is C41H18F2N4. The Morgan fingerprint density at radius 3 is 1.09 bits per heavy atom. The van der Waals surface area contributed by atoms with Crippen LogP contribution < -0.4 is 0 Å². The molecule has 0 atom stereocenters. The van der Waals surface area contributed by atoms with Gasteiger partial charge < -0.3 is 0 Å². The van der Waals surface area contributed by atoms with Gasteiger partial charge in [0.2, 0.25) is 0 Å². The number of nitrogens with zero attached hydrogens (tertiary/aromatic N) is 4. The van der Waals surface area contributed by atoms with E-state index in [1.54, 1.807) is 0 Å². The summed E-state index contributed by atoms with van der Waals surface area (Å²) in [6.07, 6.45) is 0. The van der Waals surface area contributed by atoms with Gasteiger partial charge in [0.15, 0.2) is 11.6 Å². The molecule has 2 aliphatic carbocycles. The van der Waals surface area contributed by atoms with E-state index in [1.165, 1.54) is 24.3 Å². The molecule has 47 heavy (non-hydrogen) atoms. The fourth-order valence-corrected chi connectivity index (χ4v) is 7.41. The Hall–Kier alpha value is -6.86. The lowest BCUT2D eigenvalue weighted by molar-refractivity contribution is 0.620. The second kappa shape index (κ2) is 10.1. The minimum absolute atomic E-state index is 0.202. The van der Waals surface area contributed by atoms with Crippen LogP contribution in [0.3, 0.4) is 0 Å². The SMILES string of the molecule is N#Cc1cc(-c2ccc3c(c2)C2(c4ccccc4-3)c3ccccc3-c3ccc(-c4cc(C#N)c(F)c(C#N)c4)cc32)cc(C#N)c1F. The van der Waals surface area contributed by atoms with E-state index < -0.39 is 17.0 Å². The molecule has 2 aliphatic rings. The Bertz CT molecular complexity index is 2310. The molecule has 1 spiro atoms. The third-order valence-electron chi connectivity index (χ3n) is 9.38. The minimum Gasteiger partial charge on any atom is -0.204 e. The van der Waals surface area contributed by atoms with Crippen molar-refractivity contribution < 1.29 is 8.78 Å². The van der Waals surface area contributed by atoms with Gasteiger partial charge in [-0.05, 0) is 103 Å². The maximum absolute atomic E-state index is 14.7. The van der Waals surface area contributed by atoms with Crippen LogP contribution in [0, 0.1) is 57.0 Å². The van der Waals surface area contributed by atoms with Crippen molar-refractivity contribution in [2.45, 2.75) is 5.41 Å². The molecule has 0 unspecified atom stereocenters. The fraction of sp³-hybridized carbons (Fsp3) is 0.0244. The molecule has 0 aliphatic heterocycles. The van der Waals surface area contributed by atoms with Crippen LogP contribution in [0.4, 0.5) is 8.78 Å². The first-order valence-electron chi connectivity index (χ1n) is 14.7. The van der Waals surface area contributed by atoms with E-state index in [0.717, 1.165) is 55.6 Å². The predicted molar refractivity (Wildman–Crippen MR) is 172 cm³/mol. The van der Waals surface area contributed by atoms with Crippen LogP contribution in [0.1, 0.15) is 44.5 Å². The van der Waals surface area contributed by atoms with Gasteiger partial charge in [0.25, 0.3) is 0 Å². The molecule has 0 radical (unpaired) electrons. The molecular weight excluding hydrogens is 586 g/mol. The van der Waals surface area contributed by atoms with E-state index in [9.17, 15) is 29.8 Å². The van der Waals surface area contributed by atoms with Gasteiger partial charge >= 0.3 is 0 Å². The highest BCUT2D eigenvalue weighted by molar-refractivity contribution is 5.97. The Kier molecular flexibility index (Phi) is 5.94. The van der Waals surface area contributed by atoms with Crippen molar-refractivity contribution in [1.82, 2.24) is 0 Å². The molecule has 0 saturated carbocycles. The van der Waals surface area contributed by atoms with Crippen molar-refractivity contribution in [2.24, 2.45) is 0 Å². The first-order chi connectivity index (χ1) is 22.9. The highest BCUT2D eigenvalue weighted by Gasteiger charge is 2.51. The monoisotopic (exact) mass is 604 g/mol. The van der Waals surface area contributed by atoms with Gasteiger partial charge in [0, 0.05) is 0 Å². The summed E-state index contributed by atoms with van der Waals surface area (Å²) in [5.74, 6) is -1.68. The zero-order valence-electron chi connectivity index (χ0n) is 24.4. The summed E-state index contributed by atoms with van der Waals surface area (Å²) in [4.78, 5) is 0. The normalized spacial score (nSPS) is 12.6. The third-order valence-corrected chi connectivity index (χ3v) is 9.38. The molecule has 0 aromatic heterocycles. The summed E-state index contributed by atoms with van der Waals surface area (Å²) in [5.41, 5.74) is 9.19. The van der Waals surface area contributed by atoms with Crippen LogP contribution in [-0.4, -0.2) is 0 Å². The summed E-state index contributed by atoms with van der Waals surface area (Å²) in [5, 5.41) is 38.5. The standard InChI is InChI=1S/C41H18F2N4/c42-39-27(19-44)13-25(14-28(39)20-45)23-9-11-33-31-5-1-3-7-35(31)41(37(33)17-23)36-8-4-2-6-32(36)34-12-10-24(18-38(34)41)26-15-29(21-46)40(43)30(16-26)22-47/h1-18H. The molecule has 8 rings (SSSR count). The zero-order valence-corrected chi connectivity index (χ0v) is 24.4. The van der Waals surface area contributed by atoms with E-state index in [0.29, 0.717) is 11.1 Å². The number of hydrogen-bond donors (Lipinski definition) is 0. The van der Waals surface area contributed by atoms with Crippen LogP contribution in [-0.2, 0) is 5.41 Å². The highest BCUT2D eigenvalue weighted by Crippen LogP contribution is 2.63. The van der Waals surface area contributed by atoms with Gasteiger partial charge in [-0.1, -0.05) is 72.8 Å². The molecule has 0 bridgehead atoms. The molecule has 6 aromatic rings. The van der Waals surface area contributed by atoms with Crippen molar-refractivity contribution in [3.05, 3.63) is 165 Å². The Labute approximate surface area is 268 Å². The topological polar surface area (TPSA) is 95.2 Å². The largest absolute Gasteiger partial charge is 0.204 e. The first kappa shape index (κ1) is 27.7. The Morgan fingerprint density at radius 1 is 0.383 bits per heavy atom. The van der Waals surface area contributed by atoms with Crippen LogP contribution in [0.2, 0.25) is 0 Å². The lowest BCUT2D eigenvalue weighted by Crippen LogP contribution is -2.26. The summed E-state index contributed by atoms with van der Waals surface area (Å²) >= 11 is 0. The van der Waals surface area contributed by atoms with Gasteiger partial charge in [-0.2, -0.15) is 21.0 Å². The van der Waals surface area contributed by atoms with Crippen molar-refractivity contribution in [3.8, 4) is 68.8 Å². The minimum atomic E-state index is -0.838. The summed E-state index contributed by atoms with van der Waals surface area (Å²) < 4.78 is 29.5. The summed E-state index contributed by atoms with van der Waals surface area (Å²) in [7, 11) is 0. The van der Waals surface area contributed by atoms with Crippen LogP contribution in [0.25, 0.3) is 44.5 Å². The highest BCUT2D eigenvalue weighted by atomic mass is 19.1. The molecule has 0 saturated heterocycles. The number of fused-ring (bicyclic) bond motifs is 10. The Balaban J connectivity index is 1.45. The maximum atomic E-state index is 14.7. The fourth-order valence-electron chi connectivity index (χ4n) is 7.41. The first-order valence-corrected chi connectivity index (χ1v) is 14.7. The number of hydrogen-bond acceptors (Lipinski definition) is 4. The molecule has 216 valence electrons. The van der Waals surface area contributed by atoms with Gasteiger partial charge in [0.05, 0.1) is 27.7 Å². The molecule has 4 nitrogen and oxygen atoms in total. The molecule has 6 heteroatoms. The van der Waals surface area contributed by atoms with Crippen molar-refractivity contribution >= 4 is 0 Å². The van der Waals surface area contributed by atoms with Crippen LogP contribution in [0.5, 0.6) is 0 Å². The van der Waals surface area contributed by atoms with Gasteiger partial charge in [-0.25, -0.2) is 8.78 Å². The van der Waals surface area contributed by atoms with Gasteiger partial charge in [0.1, 0.15) is 24.3 Å². The van der Waals surface area contributed by atoms with E-state index in [4.69, 9.17) is 0 Å².